The number of carbonyl (C=O) groups is 4. The summed E-state index contributed by atoms with van der Waals surface area (Å²) in [5.74, 6) is -2.36. The van der Waals surface area contributed by atoms with E-state index in [0.717, 1.165) is 154 Å². The summed E-state index contributed by atoms with van der Waals surface area (Å²) in [5, 5.41) is 10.6. The van der Waals surface area contributed by atoms with Crippen molar-refractivity contribution in [1.29, 1.82) is 0 Å². The molecular formula is C77H130O17P2. The Hall–Kier alpha value is -4.54. The van der Waals surface area contributed by atoms with Crippen LogP contribution in [0.1, 0.15) is 285 Å². The van der Waals surface area contributed by atoms with Crippen LogP contribution in [0.15, 0.2) is 122 Å². The number of allylic oxidation sites excluding steroid dienone is 19. The molecule has 0 amide bonds. The molecule has 5 atom stereocenters. The van der Waals surface area contributed by atoms with Crippen LogP contribution in [-0.4, -0.2) is 96.7 Å². The number of unbranched alkanes of at least 4 members (excludes halogenated alkanes) is 23. The van der Waals surface area contributed by atoms with Crippen LogP contribution < -0.4 is 0 Å². The number of carbonyl (C=O) groups excluding carboxylic acids is 4. The standard InChI is InChI=1S/C77H130O17P2/c1-5-9-13-17-21-25-29-33-35-39-42-46-50-54-58-62-75(80)88-68-73(94-77(82)64-60-56-52-48-44-40-36-34-30-26-22-18-14-10-6-2)70-92-96(85,86)90-66-71(78)65-89-95(83,84)91-69-72(93-76(81)63-59-55-51-47-43-38-32-28-24-20-16-12-8-4)67-87-74(79)61-57-53-49-45-41-37-31-27-23-19-15-11-7-3/h9-10,13-15,19,21-22,25-27,31,33-36,42,46,54,58,71-73,78H,5-8,11-12,16-18,20,23-24,28-30,32,37-41,43-45,47-53,55-57,59-70H2,1-4H3,(H,83,84)(H,85,86)/b13-9-,14-10-,19-15-,25-21-,26-22-,31-27-,35-33-,36-34-,46-42-,58-54-. The molecular weight excluding hydrogens is 1260 g/mol. The van der Waals surface area contributed by atoms with Gasteiger partial charge in [-0.15, -0.1) is 0 Å². The Bertz CT molecular complexity index is 2300. The zero-order valence-electron chi connectivity index (χ0n) is 59.8. The second kappa shape index (κ2) is 69.0. The predicted molar refractivity (Wildman–Crippen MR) is 390 cm³/mol. The minimum atomic E-state index is -5.00. The number of hydrogen-bond acceptors (Lipinski definition) is 15. The highest BCUT2D eigenvalue weighted by Crippen LogP contribution is 2.45. The van der Waals surface area contributed by atoms with Gasteiger partial charge in [-0.1, -0.05) is 271 Å². The number of phosphoric ester groups is 2. The SMILES string of the molecule is CC/C=C\C/C=C\C/C=C\C/C=C\C/C=C\CC(=O)OCC(COP(=O)(O)OCC(O)COP(=O)(O)OCC(COC(=O)CCCCCCC/C=C\C/C=C\CCC)OC(=O)CCCCCCCCCCCCCCC)OC(=O)CCCCCCC/C=C\C/C=C\C/C=C\CC. The van der Waals surface area contributed by atoms with E-state index in [1.165, 1.54) is 51.4 Å². The predicted octanol–water partition coefficient (Wildman–Crippen LogP) is 20.8. The lowest BCUT2D eigenvalue weighted by Gasteiger charge is -2.21. The minimum Gasteiger partial charge on any atom is -0.462 e. The first-order chi connectivity index (χ1) is 46.7. The Kier molecular flexibility index (Phi) is 65.7. The molecule has 3 N–H and O–H groups in total. The highest BCUT2D eigenvalue weighted by atomic mass is 31.2. The highest BCUT2D eigenvalue weighted by Gasteiger charge is 2.30. The van der Waals surface area contributed by atoms with Crippen molar-refractivity contribution in [3.8, 4) is 0 Å². The van der Waals surface area contributed by atoms with E-state index in [4.69, 9.17) is 37.0 Å². The maximum absolute atomic E-state index is 13.0. The third-order valence-corrected chi connectivity index (χ3v) is 16.8. The molecule has 0 radical (unpaired) electrons. The first-order valence-corrected chi connectivity index (χ1v) is 39.8. The quantitative estimate of drug-likeness (QED) is 0.0169. The lowest BCUT2D eigenvalue weighted by Crippen LogP contribution is -2.30. The third-order valence-electron chi connectivity index (χ3n) is 14.9. The second-order valence-electron chi connectivity index (χ2n) is 24.1. The fourth-order valence-electron chi connectivity index (χ4n) is 9.40. The van der Waals surface area contributed by atoms with Crippen LogP contribution in [0, 0.1) is 0 Å². The van der Waals surface area contributed by atoms with E-state index in [-0.39, 0.29) is 25.7 Å². The molecule has 0 bridgehead atoms. The molecule has 0 aromatic rings. The molecule has 0 aliphatic rings. The monoisotopic (exact) mass is 1390 g/mol. The zero-order chi connectivity index (χ0) is 70.4. The molecule has 0 saturated carbocycles. The fraction of sp³-hybridized carbons (Fsp3) is 0.688. The van der Waals surface area contributed by atoms with E-state index in [9.17, 15) is 43.2 Å². The molecule has 0 saturated heterocycles. The molecule has 0 aliphatic heterocycles. The van der Waals surface area contributed by atoms with Crippen molar-refractivity contribution in [1.82, 2.24) is 0 Å². The van der Waals surface area contributed by atoms with E-state index in [1.54, 1.807) is 6.08 Å². The zero-order valence-corrected chi connectivity index (χ0v) is 61.5. The molecule has 0 rings (SSSR count). The number of rotatable bonds is 68. The molecule has 5 unspecified atom stereocenters. The van der Waals surface area contributed by atoms with Crippen LogP contribution in [0.5, 0.6) is 0 Å². The van der Waals surface area contributed by atoms with Crippen LogP contribution in [0.2, 0.25) is 0 Å². The van der Waals surface area contributed by atoms with Crippen molar-refractivity contribution in [3.63, 3.8) is 0 Å². The van der Waals surface area contributed by atoms with Crippen LogP contribution >= 0.6 is 15.6 Å². The van der Waals surface area contributed by atoms with Gasteiger partial charge in [0.25, 0.3) is 0 Å². The number of aliphatic hydroxyl groups excluding tert-OH is 1. The third kappa shape index (κ3) is 68.0. The van der Waals surface area contributed by atoms with Gasteiger partial charge in [0.15, 0.2) is 12.2 Å². The maximum atomic E-state index is 13.0. The van der Waals surface area contributed by atoms with Gasteiger partial charge in [-0.05, 0) is 109 Å². The average Bonchev–Trinajstić information content (AvgIpc) is 1.36. The molecule has 0 fully saturated rings. The summed E-state index contributed by atoms with van der Waals surface area (Å²) < 4.78 is 68.2. The van der Waals surface area contributed by atoms with Gasteiger partial charge in [-0.25, -0.2) is 9.13 Å². The Morgan fingerprint density at radius 2 is 0.604 bits per heavy atom. The number of aliphatic hydroxyl groups is 1. The average molecular weight is 1390 g/mol. The van der Waals surface area contributed by atoms with E-state index in [0.29, 0.717) is 25.7 Å². The van der Waals surface area contributed by atoms with Gasteiger partial charge in [0.1, 0.15) is 19.3 Å². The largest absolute Gasteiger partial charge is 0.472 e. The topological polar surface area (TPSA) is 237 Å². The van der Waals surface area contributed by atoms with Gasteiger partial charge in [0, 0.05) is 19.3 Å². The van der Waals surface area contributed by atoms with Crippen molar-refractivity contribution in [3.05, 3.63) is 122 Å². The molecule has 96 heavy (non-hydrogen) atoms. The van der Waals surface area contributed by atoms with Crippen molar-refractivity contribution in [2.75, 3.05) is 39.6 Å². The van der Waals surface area contributed by atoms with Crippen molar-refractivity contribution >= 4 is 39.5 Å². The minimum absolute atomic E-state index is 0.0536. The van der Waals surface area contributed by atoms with E-state index < -0.39 is 97.5 Å². The van der Waals surface area contributed by atoms with Gasteiger partial charge in [0.2, 0.25) is 0 Å². The van der Waals surface area contributed by atoms with E-state index in [2.05, 4.69) is 125 Å². The van der Waals surface area contributed by atoms with Crippen LogP contribution in [0.3, 0.4) is 0 Å². The Morgan fingerprint density at radius 3 is 0.969 bits per heavy atom. The maximum Gasteiger partial charge on any atom is 0.472 e. The molecule has 550 valence electrons. The Balaban J connectivity index is 5.43. The normalized spacial score (nSPS) is 14.7. The highest BCUT2D eigenvalue weighted by molar-refractivity contribution is 7.47. The summed E-state index contributed by atoms with van der Waals surface area (Å²) in [5.41, 5.74) is 0. The lowest BCUT2D eigenvalue weighted by molar-refractivity contribution is -0.161. The van der Waals surface area contributed by atoms with Gasteiger partial charge in [-0.2, -0.15) is 0 Å². The summed E-state index contributed by atoms with van der Waals surface area (Å²) >= 11 is 0. The summed E-state index contributed by atoms with van der Waals surface area (Å²) in [6, 6.07) is 0. The first-order valence-electron chi connectivity index (χ1n) is 36.8. The van der Waals surface area contributed by atoms with Crippen molar-refractivity contribution in [2.24, 2.45) is 0 Å². The number of ether oxygens (including phenoxy) is 4. The molecule has 0 heterocycles. The number of phosphoric acid groups is 2. The summed E-state index contributed by atoms with van der Waals surface area (Å²) in [4.78, 5) is 72.7. The van der Waals surface area contributed by atoms with E-state index in [1.807, 2.05) is 18.2 Å². The summed E-state index contributed by atoms with van der Waals surface area (Å²) in [6.45, 7) is 4.42. The molecule has 17 nitrogen and oxygen atoms in total. The number of esters is 4. The van der Waals surface area contributed by atoms with E-state index >= 15 is 0 Å². The van der Waals surface area contributed by atoms with Crippen LogP contribution in [-0.2, 0) is 65.4 Å². The van der Waals surface area contributed by atoms with Gasteiger partial charge < -0.3 is 33.8 Å². The first kappa shape index (κ1) is 91.5. The molecule has 0 aromatic carbocycles. The fourth-order valence-corrected chi connectivity index (χ4v) is 11.0. The number of hydrogen-bond donors (Lipinski definition) is 3. The Morgan fingerprint density at radius 1 is 0.312 bits per heavy atom. The van der Waals surface area contributed by atoms with Gasteiger partial charge >= 0.3 is 39.5 Å². The molecule has 19 heteroatoms. The van der Waals surface area contributed by atoms with Gasteiger partial charge in [0.05, 0.1) is 32.8 Å². The summed E-state index contributed by atoms with van der Waals surface area (Å²) in [6.07, 6.45) is 73.7. The van der Waals surface area contributed by atoms with Crippen LogP contribution in [0.4, 0.5) is 0 Å². The smallest absolute Gasteiger partial charge is 0.462 e. The lowest BCUT2D eigenvalue weighted by atomic mass is 10.0. The summed E-state index contributed by atoms with van der Waals surface area (Å²) in [7, 11) is -9.98. The second-order valence-corrected chi connectivity index (χ2v) is 27.0. The van der Waals surface area contributed by atoms with Gasteiger partial charge in [-0.3, -0.25) is 37.3 Å². The molecule has 0 aromatic heterocycles. The molecule has 0 aliphatic carbocycles. The molecule has 0 spiro atoms. The van der Waals surface area contributed by atoms with Crippen molar-refractivity contribution < 1.29 is 80.2 Å². The Labute approximate surface area is 581 Å². The van der Waals surface area contributed by atoms with Crippen LogP contribution in [0.25, 0.3) is 0 Å². The van der Waals surface area contributed by atoms with Crippen molar-refractivity contribution in [2.45, 2.75) is 303 Å².